The number of hydrogen-bond donors (Lipinski definition) is 2. The highest BCUT2D eigenvalue weighted by molar-refractivity contribution is 5.95. The molecule has 1 saturated carbocycles. The molecule has 0 radical (unpaired) electrons. The number of rotatable bonds is 4. The summed E-state index contributed by atoms with van der Waals surface area (Å²) in [4.78, 5) is 26.8. The molecule has 6 heteroatoms. The minimum Gasteiger partial charge on any atom is -0.480 e. The van der Waals surface area contributed by atoms with E-state index in [0.29, 0.717) is 12.8 Å². The van der Waals surface area contributed by atoms with E-state index >= 15 is 0 Å². The predicted octanol–water partition coefficient (Wildman–Crippen LogP) is 1.29. The summed E-state index contributed by atoms with van der Waals surface area (Å²) in [7, 11) is 1.27. The van der Waals surface area contributed by atoms with Crippen LogP contribution in [0.15, 0.2) is 18.3 Å². The van der Waals surface area contributed by atoms with Crippen LogP contribution in [-0.2, 0) is 9.53 Å². The molecule has 6 nitrogen and oxygen atoms in total. The lowest BCUT2D eigenvalue weighted by Gasteiger charge is -2.38. The number of esters is 1. The van der Waals surface area contributed by atoms with Gasteiger partial charge < -0.3 is 15.2 Å². The Morgan fingerprint density at radius 2 is 2.22 bits per heavy atom. The van der Waals surface area contributed by atoms with Gasteiger partial charge in [-0.15, -0.1) is 0 Å². The van der Waals surface area contributed by atoms with E-state index in [1.54, 1.807) is 12.1 Å². The van der Waals surface area contributed by atoms with Crippen LogP contribution >= 0.6 is 0 Å². The van der Waals surface area contributed by atoms with Gasteiger partial charge in [0.1, 0.15) is 16.9 Å². The van der Waals surface area contributed by atoms with Crippen LogP contribution in [-0.4, -0.2) is 34.7 Å². The number of methoxy groups -OCH3 is 1. The van der Waals surface area contributed by atoms with E-state index in [2.05, 4.69) is 15.0 Å². The van der Waals surface area contributed by atoms with Gasteiger partial charge in [0.2, 0.25) is 0 Å². The number of anilines is 1. The molecule has 1 aromatic heterocycles. The van der Waals surface area contributed by atoms with Crippen LogP contribution in [0.2, 0.25) is 0 Å². The largest absolute Gasteiger partial charge is 0.480 e. The van der Waals surface area contributed by atoms with Gasteiger partial charge in [0.05, 0.1) is 7.11 Å². The summed E-state index contributed by atoms with van der Waals surface area (Å²) < 4.78 is 4.64. The van der Waals surface area contributed by atoms with Crippen LogP contribution < -0.4 is 5.32 Å². The maximum atomic E-state index is 11.5. The number of aromatic nitrogens is 1. The first-order valence-electron chi connectivity index (χ1n) is 5.64. The fraction of sp³-hybridized carbons (Fsp3) is 0.417. The van der Waals surface area contributed by atoms with Gasteiger partial charge in [-0.3, -0.25) is 0 Å². The fourth-order valence-corrected chi connectivity index (χ4v) is 1.93. The Hall–Kier alpha value is -2.11. The summed E-state index contributed by atoms with van der Waals surface area (Å²) in [6.45, 7) is 0. The SMILES string of the molecule is COC(=O)c1cccnc1NC1(C(=O)O)CCC1. The van der Waals surface area contributed by atoms with E-state index in [0.717, 1.165) is 6.42 Å². The molecule has 0 bridgehead atoms. The molecule has 0 spiro atoms. The van der Waals surface area contributed by atoms with Crippen molar-refractivity contribution in [3.63, 3.8) is 0 Å². The van der Waals surface area contributed by atoms with E-state index in [4.69, 9.17) is 0 Å². The molecule has 0 atom stereocenters. The zero-order valence-corrected chi connectivity index (χ0v) is 9.97. The Balaban J connectivity index is 2.29. The molecule has 96 valence electrons. The third kappa shape index (κ3) is 2.01. The molecule has 1 aromatic rings. The predicted molar refractivity (Wildman–Crippen MR) is 63.4 cm³/mol. The van der Waals surface area contributed by atoms with Crippen LogP contribution in [0.1, 0.15) is 29.6 Å². The third-order valence-corrected chi connectivity index (χ3v) is 3.19. The summed E-state index contributed by atoms with van der Waals surface area (Å²) in [6.07, 6.45) is 3.40. The Kier molecular flexibility index (Phi) is 3.18. The van der Waals surface area contributed by atoms with E-state index in [1.807, 2.05) is 0 Å². The van der Waals surface area contributed by atoms with Crippen molar-refractivity contribution in [1.29, 1.82) is 0 Å². The van der Waals surface area contributed by atoms with Crippen molar-refractivity contribution < 1.29 is 19.4 Å². The summed E-state index contributed by atoms with van der Waals surface area (Å²) in [6, 6.07) is 3.15. The van der Waals surface area contributed by atoms with Gasteiger partial charge in [0.25, 0.3) is 0 Å². The summed E-state index contributed by atoms with van der Waals surface area (Å²) in [5.74, 6) is -1.20. The number of pyridine rings is 1. The minimum atomic E-state index is -1.00. The molecule has 2 N–H and O–H groups in total. The summed E-state index contributed by atoms with van der Waals surface area (Å²) >= 11 is 0. The van der Waals surface area contributed by atoms with Gasteiger partial charge in [0, 0.05) is 6.20 Å². The van der Waals surface area contributed by atoms with E-state index in [1.165, 1.54) is 13.3 Å². The molecular weight excluding hydrogens is 236 g/mol. The highest BCUT2D eigenvalue weighted by Gasteiger charge is 2.45. The molecule has 1 heterocycles. The molecule has 1 aliphatic rings. The molecule has 0 aliphatic heterocycles. The second-order valence-electron chi connectivity index (χ2n) is 4.26. The summed E-state index contributed by atoms with van der Waals surface area (Å²) in [5.41, 5.74) is -0.760. The quantitative estimate of drug-likeness (QED) is 0.783. The minimum absolute atomic E-state index is 0.243. The fourth-order valence-electron chi connectivity index (χ4n) is 1.93. The van der Waals surface area contributed by atoms with Crippen molar-refractivity contribution in [2.45, 2.75) is 24.8 Å². The Morgan fingerprint density at radius 3 is 2.72 bits per heavy atom. The zero-order valence-electron chi connectivity index (χ0n) is 9.97. The average molecular weight is 250 g/mol. The van der Waals surface area contributed by atoms with Crippen molar-refractivity contribution in [2.75, 3.05) is 12.4 Å². The molecule has 0 saturated heterocycles. The number of carbonyl (C=O) groups excluding carboxylic acids is 1. The van der Waals surface area contributed by atoms with E-state index in [9.17, 15) is 14.7 Å². The number of ether oxygens (including phenoxy) is 1. The smallest absolute Gasteiger partial charge is 0.341 e. The maximum absolute atomic E-state index is 11.5. The Morgan fingerprint density at radius 1 is 1.50 bits per heavy atom. The second kappa shape index (κ2) is 4.64. The molecule has 1 aliphatic carbocycles. The maximum Gasteiger partial charge on any atom is 0.341 e. The van der Waals surface area contributed by atoms with Crippen LogP contribution in [0.3, 0.4) is 0 Å². The molecule has 1 fully saturated rings. The van der Waals surface area contributed by atoms with Crippen LogP contribution in [0.5, 0.6) is 0 Å². The van der Waals surface area contributed by atoms with E-state index < -0.39 is 17.5 Å². The van der Waals surface area contributed by atoms with Gasteiger partial charge in [0.15, 0.2) is 0 Å². The molecule has 0 unspecified atom stereocenters. The Labute approximate surface area is 104 Å². The van der Waals surface area contributed by atoms with Crippen molar-refractivity contribution in [2.24, 2.45) is 0 Å². The highest BCUT2D eigenvalue weighted by Crippen LogP contribution is 2.35. The number of carboxylic acid groups (broad SMARTS) is 1. The van der Waals surface area contributed by atoms with Gasteiger partial charge >= 0.3 is 11.9 Å². The van der Waals surface area contributed by atoms with Crippen molar-refractivity contribution in [3.05, 3.63) is 23.9 Å². The molecule has 0 aromatic carbocycles. The van der Waals surface area contributed by atoms with Crippen LogP contribution in [0, 0.1) is 0 Å². The lowest BCUT2D eigenvalue weighted by atomic mass is 9.76. The van der Waals surface area contributed by atoms with Gasteiger partial charge in [-0.25, -0.2) is 14.6 Å². The van der Waals surface area contributed by atoms with Gasteiger partial charge in [-0.2, -0.15) is 0 Å². The molecule has 0 amide bonds. The second-order valence-corrected chi connectivity index (χ2v) is 4.26. The molecule has 2 rings (SSSR count). The summed E-state index contributed by atoms with van der Waals surface area (Å²) in [5, 5.41) is 12.1. The average Bonchev–Trinajstić information content (AvgIpc) is 2.32. The Bertz CT molecular complexity index is 483. The molecule has 18 heavy (non-hydrogen) atoms. The lowest BCUT2D eigenvalue weighted by Crippen LogP contribution is -2.52. The topological polar surface area (TPSA) is 88.5 Å². The first kappa shape index (κ1) is 12.3. The first-order chi connectivity index (χ1) is 8.59. The van der Waals surface area contributed by atoms with E-state index in [-0.39, 0.29) is 11.4 Å². The van der Waals surface area contributed by atoms with Crippen LogP contribution in [0.25, 0.3) is 0 Å². The van der Waals surface area contributed by atoms with Crippen molar-refractivity contribution >= 4 is 17.8 Å². The van der Waals surface area contributed by atoms with Crippen molar-refractivity contribution in [3.8, 4) is 0 Å². The zero-order chi connectivity index (χ0) is 13.2. The number of nitrogens with zero attached hydrogens (tertiary/aromatic N) is 1. The first-order valence-corrected chi connectivity index (χ1v) is 5.64. The van der Waals surface area contributed by atoms with Gasteiger partial charge in [-0.05, 0) is 31.4 Å². The molecular formula is C12H14N2O4. The van der Waals surface area contributed by atoms with Crippen molar-refractivity contribution in [1.82, 2.24) is 4.98 Å². The standard InChI is InChI=1S/C12H14N2O4/c1-18-10(15)8-4-2-7-13-9(8)14-12(11(16)17)5-3-6-12/h2,4,7H,3,5-6H2,1H3,(H,13,14)(H,16,17). The number of hydrogen-bond acceptors (Lipinski definition) is 5. The van der Waals surface area contributed by atoms with Gasteiger partial charge in [-0.1, -0.05) is 0 Å². The lowest BCUT2D eigenvalue weighted by molar-refractivity contribution is -0.145. The number of carboxylic acids is 1. The van der Waals surface area contributed by atoms with Crippen LogP contribution in [0.4, 0.5) is 5.82 Å². The number of aliphatic carboxylic acids is 1. The number of carbonyl (C=O) groups is 2. The highest BCUT2D eigenvalue weighted by atomic mass is 16.5. The number of nitrogens with one attached hydrogen (secondary N) is 1. The third-order valence-electron chi connectivity index (χ3n) is 3.19. The monoisotopic (exact) mass is 250 g/mol. The normalized spacial score (nSPS) is 16.5.